The van der Waals surface area contributed by atoms with Gasteiger partial charge in [-0.05, 0) is 32.6 Å². The van der Waals surface area contributed by atoms with Gasteiger partial charge in [-0.15, -0.1) is 10.1 Å². The van der Waals surface area contributed by atoms with E-state index in [1.807, 2.05) is 0 Å². The average Bonchev–Trinajstić information content (AvgIpc) is 2.52. The molecule has 0 bridgehead atoms. The molecule has 0 unspecified atom stereocenters. The van der Waals surface area contributed by atoms with Crippen molar-refractivity contribution in [1.29, 1.82) is 0 Å². The Morgan fingerprint density at radius 3 is 1.96 bits per heavy atom. The first-order chi connectivity index (χ1) is 11.6. The van der Waals surface area contributed by atoms with Gasteiger partial charge in [-0.3, -0.25) is 14.4 Å². The van der Waals surface area contributed by atoms with E-state index in [0.29, 0.717) is 25.7 Å². The van der Waals surface area contributed by atoms with E-state index in [1.54, 1.807) is 0 Å². The van der Waals surface area contributed by atoms with Crippen LogP contribution in [0.25, 0.3) is 0 Å². The summed E-state index contributed by atoms with van der Waals surface area (Å²) in [5, 5.41) is 12.4. The van der Waals surface area contributed by atoms with Gasteiger partial charge in [0.05, 0.1) is 0 Å². The molecular formula is C15H24N2O8. The molecular weight excluding hydrogens is 336 g/mol. The molecule has 10 heteroatoms. The van der Waals surface area contributed by atoms with Crippen LogP contribution in [0.4, 0.5) is 0 Å². The van der Waals surface area contributed by atoms with Crippen molar-refractivity contribution in [2.24, 2.45) is 5.41 Å². The molecule has 0 aliphatic heterocycles. The molecule has 1 rings (SSSR count). The maximum Gasteiger partial charge on any atom is 0.302 e. The molecule has 0 atom stereocenters. The molecule has 1 fully saturated rings. The van der Waals surface area contributed by atoms with E-state index < -0.39 is 34.5 Å². The van der Waals surface area contributed by atoms with Crippen LogP contribution in [0, 0.1) is 15.5 Å². The number of carbonyl (C=O) groups is 3. The highest BCUT2D eigenvalue weighted by Crippen LogP contribution is 2.24. The number of nitrogens with one attached hydrogen (secondary N) is 1. The van der Waals surface area contributed by atoms with Gasteiger partial charge in [-0.1, -0.05) is 0 Å². The lowest BCUT2D eigenvalue weighted by atomic mass is 9.88. The zero-order chi connectivity index (χ0) is 19.0. The third kappa shape index (κ3) is 7.36. The summed E-state index contributed by atoms with van der Waals surface area (Å²) in [5.41, 5.74) is -1.22. The van der Waals surface area contributed by atoms with E-state index in [0.717, 1.165) is 0 Å². The van der Waals surface area contributed by atoms with Gasteiger partial charge in [0.2, 0.25) is 5.91 Å². The number of amides is 1. The highest BCUT2D eigenvalue weighted by molar-refractivity contribution is 5.83. The Kier molecular flexibility index (Phi) is 7.59. The Morgan fingerprint density at radius 1 is 1.08 bits per heavy atom. The van der Waals surface area contributed by atoms with Crippen LogP contribution >= 0.6 is 0 Å². The lowest BCUT2D eigenvalue weighted by Crippen LogP contribution is -2.50. The molecule has 142 valence electrons. The van der Waals surface area contributed by atoms with Crippen LogP contribution < -0.4 is 5.32 Å². The molecule has 25 heavy (non-hydrogen) atoms. The number of rotatable bonds is 8. The minimum Gasteiger partial charge on any atom is -0.465 e. The van der Waals surface area contributed by atoms with Crippen molar-refractivity contribution in [2.75, 3.05) is 13.2 Å². The maximum absolute atomic E-state index is 12.6. The lowest BCUT2D eigenvalue weighted by molar-refractivity contribution is -0.769. The van der Waals surface area contributed by atoms with Gasteiger partial charge in [0.25, 0.3) is 5.09 Å². The molecule has 1 aliphatic rings. The number of ether oxygens (including phenoxy) is 2. The monoisotopic (exact) mass is 360 g/mol. The summed E-state index contributed by atoms with van der Waals surface area (Å²) >= 11 is 0. The Labute approximate surface area is 145 Å². The smallest absolute Gasteiger partial charge is 0.302 e. The van der Waals surface area contributed by atoms with Crippen LogP contribution in [0.3, 0.4) is 0 Å². The van der Waals surface area contributed by atoms with E-state index in [4.69, 9.17) is 9.47 Å². The molecule has 1 saturated carbocycles. The quantitative estimate of drug-likeness (QED) is 0.381. The minimum absolute atomic E-state index is 0.173. The summed E-state index contributed by atoms with van der Waals surface area (Å²) in [6.07, 6.45) is 1.51. The first kappa shape index (κ1) is 20.7. The number of carbonyl (C=O) groups excluding carboxylic acids is 3. The van der Waals surface area contributed by atoms with Gasteiger partial charge >= 0.3 is 11.9 Å². The Bertz CT molecular complexity index is 496. The van der Waals surface area contributed by atoms with Crippen molar-refractivity contribution in [3.05, 3.63) is 10.1 Å². The lowest BCUT2D eigenvalue weighted by Gasteiger charge is -2.32. The Hall–Kier alpha value is -2.39. The van der Waals surface area contributed by atoms with Crippen LogP contribution in [-0.4, -0.2) is 48.3 Å². The van der Waals surface area contributed by atoms with E-state index in [9.17, 15) is 24.5 Å². The fourth-order valence-corrected chi connectivity index (χ4v) is 2.49. The van der Waals surface area contributed by atoms with Gasteiger partial charge in [-0.2, -0.15) is 0 Å². The van der Waals surface area contributed by atoms with Crippen molar-refractivity contribution in [3.63, 3.8) is 0 Å². The first-order valence-electron chi connectivity index (χ1n) is 8.01. The normalized spacial score (nSPS) is 20.3. The summed E-state index contributed by atoms with van der Waals surface area (Å²) in [5.74, 6) is -1.49. The minimum atomic E-state index is -1.22. The largest absolute Gasteiger partial charge is 0.465 e. The second kappa shape index (κ2) is 9.19. The van der Waals surface area contributed by atoms with E-state index in [1.165, 1.54) is 20.8 Å². The predicted octanol–water partition coefficient (Wildman–Crippen LogP) is 0.755. The molecule has 0 aromatic rings. The molecule has 10 nitrogen and oxygen atoms in total. The SMILES string of the molecule is CC(=O)OCC(C)(COC(C)=O)C(=O)NC1CCC(O[N+](=O)[O-])CC1. The number of hydrogen-bond acceptors (Lipinski definition) is 8. The van der Waals surface area contributed by atoms with Crippen molar-refractivity contribution in [1.82, 2.24) is 5.32 Å². The predicted molar refractivity (Wildman–Crippen MR) is 83.6 cm³/mol. The summed E-state index contributed by atoms with van der Waals surface area (Å²) in [4.78, 5) is 49.5. The zero-order valence-electron chi connectivity index (χ0n) is 14.6. The standard InChI is InChI=1S/C15H24N2O8/c1-10(18)23-8-15(3,9-24-11(2)19)14(20)16-12-4-6-13(7-5-12)25-17(21)22/h12-13H,4-9H2,1-3H3,(H,16,20). The van der Waals surface area contributed by atoms with Gasteiger partial charge in [0, 0.05) is 19.9 Å². The summed E-state index contributed by atoms with van der Waals surface area (Å²) in [6, 6.07) is -0.173. The topological polar surface area (TPSA) is 134 Å². The van der Waals surface area contributed by atoms with Crippen LogP contribution in [0.15, 0.2) is 0 Å². The first-order valence-corrected chi connectivity index (χ1v) is 8.01. The molecule has 0 spiro atoms. The average molecular weight is 360 g/mol. The number of hydrogen-bond donors (Lipinski definition) is 1. The third-order valence-corrected chi connectivity index (χ3v) is 3.98. The number of esters is 2. The second-order valence-electron chi connectivity index (χ2n) is 6.40. The van der Waals surface area contributed by atoms with Gasteiger partial charge in [0.15, 0.2) is 0 Å². The zero-order valence-corrected chi connectivity index (χ0v) is 14.6. The van der Waals surface area contributed by atoms with Gasteiger partial charge in [0.1, 0.15) is 24.7 Å². The number of nitrogens with zero attached hydrogens (tertiary/aromatic N) is 1. The van der Waals surface area contributed by atoms with Gasteiger partial charge in [-0.25, -0.2) is 0 Å². The summed E-state index contributed by atoms with van der Waals surface area (Å²) in [6.45, 7) is 3.54. The van der Waals surface area contributed by atoms with Crippen LogP contribution in [0.1, 0.15) is 46.5 Å². The van der Waals surface area contributed by atoms with Crippen molar-refractivity contribution in [2.45, 2.75) is 58.6 Å². The maximum atomic E-state index is 12.6. The molecule has 1 N–H and O–H groups in total. The molecule has 0 radical (unpaired) electrons. The van der Waals surface area contributed by atoms with Crippen molar-refractivity contribution in [3.8, 4) is 0 Å². The van der Waals surface area contributed by atoms with Crippen LogP contribution in [0.2, 0.25) is 0 Å². The molecule has 1 amide bonds. The van der Waals surface area contributed by atoms with Crippen LogP contribution in [-0.2, 0) is 28.7 Å². The highest BCUT2D eigenvalue weighted by atomic mass is 17.0. The fraction of sp³-hybridized carbons (Fsp3) is 0.800. The van der Waals surface area contributed by atoms with Crippen LogP contribution in [0.5, 0.6) is 0 Å². The molecule has 0 aromatic carbocycles. The van der Waals surface area contributed by atoms with Crippen molar-refractivity contribution >= 4 is 17.8 Å². The molecule has 0 saturated heterocycles. The molecule has 0 aromatic heterocycles. The second-order valence-corrected chi connectivity index (χ2v) is 6.40. The molecule has 1 aliphatic carbocycles. The fourth-order valence-electron chi connectivity index (χ4n) is 2.49. The van der Waals surface area contributed by atoms with E-state index >= 15 is 0 Å². The van der Waals surface area contributed by atoms with Crippen molar-refractivity contribution < 1.29 is 33.8 Å². The highest BCUT2D eigenvalue weighted by Gasteiger charge is 2.38. The van der Waals surface area contributed by atoms with E-state index in [-0.39, 0.29) is 19.3 Å². The third-order valence-electron chi connectivity index (χ3n) is 3.98. The van der Waals surface area contributed by atoms with E-state index in [2.05, 4.69) is 10.2 Å². The molecule has 0 heterocycles. The Morgan fingerprint density at radius 2 is 1.56 bits per heavy atom. The summed E-state index contributed by atoms with van der Waals surface area (Å²) in [7, 11) is 0. The van der Waals surface area contributed by atoms with Gasteiger partial charge < -0.3 is 19.6 Å². The summed E-state index contributed by atoms with van der Waals surface area (Å²) < 4.78 is 9.85. The Balaban J connectivity index is 2.60.